The van der Waals surface area contributed by atoms with E-state index in [0.29, 0.717) is 4.90 Å². The van der Waals surface area contributed by atoms with Gasteiger partial charge in [-0.05, 0) is 30.0 Å². The number of hydrogen-bond donors (Lipinski definition) is 1. The highest BCUT2D eigenvalue weighted by atomic mass is 32.2. The molecule has 1 unspecified atom stereocenters. The number of rotatable bonds is 3. The molecular formula is C14H21NO2S. The summed E-state index contributed by atoms with van der Waals surface area (Å²) in [6, 6.07) is 7.25. The lowest BCUT2D eigenvalue weighted by atomic mass is 9.92. The average molecular weight is 267 g/mol. The van der Waals surface area contributed by atoms with Crippen molar-refractivity contribution in [3.63, 3.8) is 0 Å². The molecule has 0 aliphatic carbocycles. The molecule has 0 spiro atoms. The first-order valence-corrected chi connectivity index (χ1v) is 8.00. The number of benzene rings is 1. The summed E-state index contributed by atoms with van der Waals surface area (Å²) < 4.78 is 24.0. The highest BCUT2D eigenvalue weighted by Gasteiger charge is 2.33. The van der Waals surface area contributed by atoms with Crippen molar-refractivity contribution in [1.82, 2.24) is 5.32 Å². The zero-order valence-corrected chi connectivity index (χ0v) is 12.0. The summed E-state index contributed by atoms with van der Waals surface area (Å²) in [6.45, 7) is 7.41. The van der Waals surface area contributed by atoms with Gasteiger partial charge in [-0.2, -0.15) is 0 Å². The quantitative estimate of drug-likeness (QED) is 0.915. The topological polar surface area (TPSA) is 46.2 Å². The van der Waals surface area contributed by atoms with E-state index in [1.54, 1.807) is 12.1 Å². The van der Waals surface area contributed by atoms with E-state index in [2.05, 4.69) is 26.1 Å². The standard InChI is InChI=1S/C14H21NO2S/c1-14(2,3)8-9-15-12-10-18(16,17)13-7-5-4-6-11(12)13/h4-7,12,15H,8-10H2,1-3H3. The predicted octanol–water partition coefficient (Wildman–Crippen LogP) is 2.54. The van der Waals surface area contributed by atoms with Crippen LogP contribution < -0.4 is 5.32 Å². The van der Waals surface area contributed by atoms with Crippen molar-refractivity contribution in [2.24, 2.45) is 5.41 Å². The summed E-state index contributed by atoms with van der Waals surface area (Å²) in [6.07, 6.45) is 1.03. The maximum atomic E-state index is 12.0. The van der Waals surface area contributed by atoms with Crippen molar-refractivity contribution >= 4 is 9.84 Å². The lowest BCUT2D eigenvalue weighted by Crippen LogP contribution is -2.26. The van der Waals surface area contributed by atoms with Gasteiger partial charge in [0, 0.05) is 6.04 Å². The van der Waals surface area contributed by atoms with Crippen molar-refractivity contribution < 1.29 is 8.42 Å². The molecule has 1 aliphatic heterocycles. The molecule has 0 bridgehead atoms. The Hall–Kier alpha value is -0.870. The largest absolute Gasteiger partial charge is 0.309 e. The predicted molar refractivity (Wildman–Crippen MR) is 73.3 cm³/mol. The summed E-state index contributed by atoms with van der Waals surface area (Å²) in [5.41, 5.74) is 1.19. The molecule has 2 rings (SSSR count). The van der Waals surface area contributed by atoms with Crippen LogP contribution in [0.1, 0.15) is 38.8 Å². The van der Waals surface area contributed by atoms with E-state index >= 15 is 0 Å². The molecule has 0 saturated carbocycles. The first-order valence-electron chi connectivity index (χ1n) is 6.35. The molecule has 3 nitrogen and oxygen atoms in total. The Morgan fingerprint density at radius 1 is 1.28 bits per heavy atom. The van der Waals surface area contributed by atoms with Crippen LogP contribution in [0.4, 0.5) is 0 Å². The van der Waals surface area contributed by atoms with Gasteiger partial charge in [-0.1, -0.05) is 39.0 Å². The van der Waals surface area contributed by atoms with Crippen LogP contribution in [-0.2, 0) is 9.84 Å². The Kier molecular flexibility index (Phi) is 3.52. The molecule has 1 aromatic carbocycles. The Morgan fingerprint density at radius 3 is 2.61 bits per heavy atom. The SMILES string of the molecule is CC(C)(C)CCNC1CS(=O)(=O)c2ccccc21. The van der Waals surface area contributed by atoms with Gasteiger partial charge < -0.3 is 5.32 Å². The molecule has 1 N–H and O–H groups in total. The molecule has 18 heavy (non-hydrogen) atoms. The fourth-order valence-corrected chi connectivity index (χ4v) is 4.01. The smallest absolute Gasteiger partial charge is 0.180 e. The van der Waals surface area contributed by atoms with E-state index in [9.17, 15) is 8.42 Å². The van der Waals surface area contributed by atoms with Crippen LogP contribution in [0.25, 0.3) is 0 Å². The lowest BCUT2D eigenvalue weighted by Gasteiger charge is -2.20. The molecule has 0 saturated heterocycles. The minimum atomic E-state index is -3.08. The summed E-state index contributed by atoms with van der Waals surface area (Å²) in [5.74, 6) is 0.191. The second kappa shape index (κ2) is 4.67. The molecule has 0 fully saturated rings. The fourth-order valence-electron chi connectivity index (χ4n) is 2.24. The van der Waals surface area contributed by atoms with Gasteiger partial charge in [-0.3, -0.25) is 0 Å². The number of nitrogens with one attached hydrogen (secondary N) is 1. The number of fused-ring (bicyclic) bond motifs is 1. The molecular weight excluding hydrogens is 246 g/mol. The summed E-state index contributed by atoms with van der Waals surface area (Å²) >= 11 is 0. The Bertz CT molecular complexity index is 529. The lowest BCUT2D eigenvalue weighted by molar-refractivity contribution is 0.358. The van der Waals surface area contributed by atoms with Gasteiger partial charge in [0.15, 0.2) is 9.84 Å². The highest BCUT2D eigenvalue weighted by Crippen LogP contribution is 2.33. The van der Waals surface area contributed by atoms with Crippen molar-refractivity contribution in [2.75, 3.05) is 12.3 Å². The number of hydrogen-bond acceptors (Lipinski definition) is 3. The Balaban J connectivity index is 2.09. The zero-order valence-electron chi connectivity index (χ0n) is 11.2. The van der Waals surface area contributed by atoms with Gasteiger partial charge in [0.05, 0.1) is 10.6 Å². The van der Waals surface area contributed by atoms with Crippen molar-refractivity contribution in [3.8, 4) is 0 Å². The minimum Gasteiger partial charge on any atom is -0.309 e. The highest BCUT2D eigenvalue weighted by molar-refractivity contribution is 7.91. The van der Waals surface area contributed by atoms with Crippen LogP contribution in [0.2, 0.25) is 0 Å². The van der Waals surface area contributed by atoms with Gasteiger partial charge in [0.1, 0.15) is 0 Å². The first-order chi connectivity index (χ1) is 8.30. The average Bonchev–Trinajstić information content (AvgIpc) is 2.50. The first kappa shape index (κ1) is 13.6. The van der Waals surface area contributed by atoms with E-state index in [1.807, 2.05) is 12.1 Å². The molecule has 1 atom stereocenters. The van der Waals surface area contributed by atoms with E-state index in [0.717, 1.165) is 18.5 Å². The molecule has 1 aromatic rings. The van der Waals surface area contributed by atoms with Crippen LogP contribution in [0.15, 0.2) is 29.2 Å². The molecule has 1 heterocycles. The van der Waals surface area contributed by atoms with Crippen LogP contribution in [0.3, 0.4) is 0 Å². The fraction of sp³-hybridized carbons (Fsp3) is 0.571. The third-order valence-corrected chi connectivity index (χ3v) is 5.10. The Labute approximate surface area is 110 Å². The van der Waals surface area contributed by atoms with Crippen molar-refractivity contribution in [3.05, 3.63) is 29.8 Å². The van der Waals surface area contributed by atoms with Gasteiger partial charge in [-0.15, -0.1) is 0 Å². The van der Waals surface area contributed by atoms with Gasteiger partial charge in [0.2, 0.25) is 0 Å². The summed E-state index contributed by atoms with van der Waals surface area (Å²) in [4.78, 5) is 0.498. The van der Waals surface area contributed by atoms with Gasteiger partial charge in [0.25, 0.3) is 0 Å². The van der Waals surface area contributed by atoms with E-state index in [1.165, 1.54) is 0 Å². The molecule has 100 valence electrons. The van der Waals surface area contributed by atoms with Crippen LogP contribution in [0, 0.1) is 5.41 Å². The van der Waals surface area contributed by atoms with Crippen molar-refractivity contribution in [1.29, 1.82) is 0 Å². The van der Waals surface area contributed by atoms with Crippen LogP contribution in [0.5, 0.6) is 0 Å². The normalized spacial score (nSPS) is 21.8. The van der Waals surface area contributed by atoms with Crippen LogP contribution >= 0.6 is 0 Å². The van der Waals surface area contributed by atoms with Gasteiger partial charge >= 0.3 is 0 Å². The monoisotopic (exact) mass is 267 g/mol. The Morgan fingerprint density at radius 2 is 1.94 bits per heavy atom. The third kappa shape index (κ3) is 2.93. The second-order valence-corrected chi connectivity index (χ2v) is 8.14. The third-order valence-electron chi connectivity index (χ3n) is 3.28. The molecule has 1 aliphatic rings. The molecule has 0 radical (unpaired) electrons. The zero-order chi connectivity index (χ0) is 13.4. The summed E-state index contributed by atoms with van der Waals surface area (Å²) in [7, 11) is -3.08. The number of sulfone groups is 1. The van der Waals surface area contributed by atoms with Crippen molar-refractivity contribution in [2.45, 2.75) is 38.1 Å². The van der Waals surface area contributed by atoms with E-state index < -0.39 is 9.84 Å². The maximum Gasteiger partial charge on any atom is 0.180 e. The molecule has 4 heteroatoms. The molecule has 0 aromatic heterocycles. The van der Waals surface area contributed by atoms with Gasteiger partial charge in [-0.25, -0.2) is 8.42 Å². The molecule has 0 amide bonds. The minimum absolute atomic E-state index is 0.0476. The summed E-state index contributed by atoms with van der Waals surface area (Å²) in [5, 5.41) is 3.37. The van der Waals surface area contributed by atoms with E-state index in [-0.39, 0.29) is 17.2 Å². The maximum absolute atomic E-state index is 12.0. The van der Waals surface area contributed by atoms with Crippen LogP contribution in [-0.4, -0.2) is 20.7 Å². The van der Waals surface area contributed by atoms with E-state index in [4.69, 9.17) is 0 Å². The second-order valence-electron chi connectivity index (χ2n) is 6.14.